The second kappa shape index (κ2) is 22.9. The van der Waals surface area contributed by atoms with Crippen LogP contribution in [0.25, 0.3) is 0 Å². The minimum absolute atomic E-state index is 0.0328. The smallest absolute Gasteiger partial charge is 0.305 e. The molecule has 382 valence electrons. The summed E-state index contributed by atoms with van der Waals surface area (Å²) in [5.41, 5.74) is 4.40. The molecule has 73 heavy (non-hydrogen) atoms. The van der Waals surface area contributed by atoms with Gasteiger partial charge in [0.05, 0.1) is 49.1 Å². The Morgan fingerprint density at radius 1 is 0.699 bits per heavy atom. The number of benzene rings is 2. The molecule has 22 heteroatoms. The zero-order valence-corrected chi connectivity index (χ0v) is 41.7. The number of para-hydroxylation sites is 1. The molecule has 0 saturated carbocycles. The van der Waals surface area contributed by atoms with Crippen LogP contribution in [0.1, 0.15) is 97.0 Å². The minimum Gasteiger partial charge on any atom is -0.493 e. The molecule has 1 atom stereocenters. The van der Waals surface area contributed by atoms with Crippen LogP contribution in [0.2, 0.25) is 0 Å². The first-order valence-corrected chi connectivity index (χ1v) is 23.3. The molecule has 0 spiro atoms. The van der Waals surface area contributed by atoms with E-state index in [1.807, 2.05) is 31.2 Å². The maximum absolute atomic E-state index is 13.8. The summed E-state index contributed by atoms with van der Waals surface area (Å²) in [5, 5.41) is 13.8. The van der Waals surface area contributed by atoms with Crippen LogP contribution in [-0.4, -0.2) is 105 Å². The Balaban J connectivity index is 0.876. The number of amides is 6. The molecule has 0 aliphatic carbocycles. The van der Waals surface area contributed by atoms with E-state index < -0.39 is 17.7 Å². The Kier molecular flexibility index (Phi) is 16.2. The molecule has 0 unspecified atom stereocenters. The number of aryl methyl sites for hydroxylation is 4. The van der Waals surface area contributed by atoms with E-state index in [1.165, 1.54) is 46.3 Å². The Morgan fingerprint density at radius 2 is 1.32 bits per heavy atom. The highest BCUT2D eigenvalue weighted by atomic mass is 16.5. The summed E-state index contributed by atoms with van der Waals surface area (Å²) in [7, 11) is 9.34. The van der Waals surface area contributed by atoms with E-state index in [0.717, 1.165) is 17.7 Å². The summed E-state index contributed by atoms with van der Waals surface area (Å²) < 4.78 is 22.3. The van der Waals surface area contributed by atoms with Gasteiger partial charge in [0, 0.05) is 90.2 Å². The lowest BCUT2D eigenvalue weighted by molar-refractivity contribution is -0.140. The van der Waals surface area contributed by atoms with Crippen molar-refractivity contribution < 1.29 is 47.8 Å². The fourth-order valence-corrected chi connectivity index (χ4v) is 8.43. The van der Waals surface area contributed by atoms with Crippen LogP contribution < -0.4 is 41.0 Å². The Bertz CT molecular complexity index is 3110. The van der Waals surface area contributed by atoms with Crippen LogP contribution in [0, 0.1) is 0 Å². The van der Waals surface area contributed by atoms with Gasteiger partial charge in [0.15, 0.2) is 17.3 Å². The number of carbonyl (C=O) groups is 7. The number of aliphatic imine (C=N–C) groups is 1. The maximum atomic E-state index is 13.8. The third-order valence-electron chi connectivity index (χ3n) is 12.1. The van der Waals surface area contributed by atoms with Gasteiger partial charge in [-0.25, -0.2) is 4.98 Å². The van der Waals surface area contributed by atoms with Crippen molar-refractivity contribution in [1.82, 2.24) is 28.6 Å². The number of fused-ring (bicyclic) bond motifs is 1. The van der Waals surface area contributed by atoms with Crippen molar-refractivity contribution in [2.24, 2.45) is 33.2 Å². The molecule has 5 heterocycles. The highest BCUT2D eigenvalue weighted by Gasteiger charge is 2.33. The second-order valence-electron chi connectivity index (χ2n) is 17.4. The Hall–Kier alpha value is -8.95. The van der Waals surface area contributed by atoms with Crippen molar-refractivity contribution in [2.75, 3.05) is 53.5 Å². The van der Waals surface area contributed by atoms with Crippen LogP contribution in [0.4, 0.5) is 34.3 Å². The molecule has 6 aromatic rings. The summed E-state index contributed by atoms with van der Waals surface area (Å²) in [4.78, 5) is 101. The van der Waals surface area contributed by atoms with E-state index >= 15 is 0 Å². The number of rotatable bonds is 21. The molecule has 0 bridgehead atoms. The number of carbonyl (C=O) groups excluding carboxylic acids is 7. The topological polar surface area (TPSA) is 256 Å². The maximum Gasteiger partial charge on any atom is 0.305 e. The molecular formula is C51H58N12O10. The molecule has 1 aliphatic rings. The molecule has 22 nitrogen and oxygen atoms in total. The van der Waals surface area contributed by atoms with Crippen LogP contribution in [-0.2, 0) is 48.9 Å². The number of nitrogens with one attached hydrogen (secondary N) is 5. The third kappa shape index (κ3) is 12.2. The quantitative estimate of drug-likeness (QED) is 0.0318. The first-order chi connectivity index (χ1) is 35.0. The number of nitrogens with zero attached hydrogens (tertiary/aromatic N) is 7. The zero-order chi connectivity index (χ0) is 52.5. The van der Waals surface area contributed by atoms with Gasteiger partial charge in [-0.2, -0.15) is 0 Å². The molecule has 2 aromatic carbocycles. The molecule has 0 fully saturated rings. The average Bonchev–Trinajstić information content (AvgIpc) is 4.19. The number of esters is 1. The Morgan fingerprint density at radius 3 is 1.96 bits per heavy atom. The van der Waals surface area contributed by atoms with Crippen LogP contribution >= 0.6 is 0 Å². The molecule has 5 N–H and O–H groups in total. The van der Waals surface area contributed by atoms with Crippen LogP contribution in [0.5, 0.6) is 11.5 Å². The van der Waals surface area contributed by atoms with Gasteiger partial charge in [-0.05, 0) is 75.2 Å². The fraction of sp³-hybridized carbons (Fsp3) is 0.314. The van der Waals surface area contributed by atoms with Crippen molar-refractivity contribution in [3.63, 3.8) is 0 Å². The lowest BCUT2D eigenvalue weighted by Gasteiger charge is -2.24. The first-order valence-electron chi connectivity index (χ1n) is 23.3. The van der Waals surface area contributed by atoms with Gasteiger partial charge in [0.1, 0.15) is 17.1 Å². The lowest BCUT2D eigenvalue weighted by Crippen LogP contribution is -2.35. The van der Waals surface area contributed by atoms with Crippen molar-refractivity contribution in [1.29, 1.82) is 0 Å². The first kappa shape index (κ1) is 51.9. The van der Waals surface area contributed by atoms with E-state index in [4.69, 9.17) is 9.47 Å². The van der Waals surface area contributed by atoms with Gasteiger partial charge in [-0.1, -0.05) is 18.2 Å². The summed E-state index contributed by atoms with van der Waals surface area (Å²) in [5.74, 6) is -2.11. The molecule has 6 amide bonds. The standard InChI is InChI=1S/C51H58N12O10/c1-30-20-31-14-9-10-15-37(31)63(30)51(70)35-24-41(71-7)42(25-36(35)52-2)73-19-13-16-44(64)54-32-21-40(60(4)26-32)49(68)58-43-29-62(6)46(57-43)50(69)56-34-23-39(61(5)28-34)48(67)55-33-22-38(59(3)27-33)47(66)53-18-12-11-17-45(65)72-8/h9-10,14-15,21-30H,2,11-13,16-20H2,1,3-8H3,(H,53,66)(H,54,64)(H,55,67)(H,56,69)(H,58,68)/t30-/m1/s1. The molecule has 1 aliphatic heterocycles. The van der Waals surface area contributed by atoms with Gasteiger partial charge >= 0.3 is 5.97 Å². The highest BCUT2D eigenvalue weighted by Crippen LogP contribution is 2.39. The monoisotopic (exact) mass is 998 g/mol. The number of ether oxygens (including phenoxy) is 3. The summed E-state index contributed by atoms with van der Waals surface area (Å²) >= 11 is 0. The molecule has 7 rings (SSSR count). The second-order valence-corrected chi connectivity index (χ2v) is 17.4. The number of methoxy groups -OCH3 is 2. The average molecular weight is 999 g/mol. The molecule has 4 aromatic heterocycles. The third-order valence-corrected chi connectivity index (χ3v) is 12.1. The lowest BCUT2D eigenvalue weighted by atomic mass is 10.1. The van der Waals surface area contributed by atoms with E-state index in [1.54, 1.807) is 74.4 Å². The van der Waals surface area contributed by atoms with Crippen LogP contribution in [0.15, 0.2) is 84.4 Å². The van der Waals surface area contributed by atoms with Crippen molar-refractivity contribution in [3.05, 3.63) is 113 Å². The molecule has 0 radical (unpaired) electrons. The molecule has 0 saturated heterocycles. The Labute approximate surface area is 420 Å². The number of anilines is 5. The minimum atomic E-state index is -0.611. The van der Waals surface area contributed by atoms with Crippen molar-refractivity contribution in [2.45, 2.75) is 51.5 Å². The van der Waals surface area contributed by atoms with Crippen molar-refractivity contribution in [3.8, 4) is 11.5 Å². The number of hydrogen-bond acceptors (Lipinski definition) is 12. The number of hydrogen-bond donors (Lipinski definition) is 5. The highest BCUT2D eigenvalue weighted by molar-refractivity contribution is 6.11. The van der Waals surface area contributed by atoms with Gasteiger partial charge in [0.2, 0.25) is 11.7 Å². The largest absolute Gasteiger partial charge is 0.493 e. The van der Waals surface area contributed by atoms with Crippen LogP contribution in [0.3, 0.4) is 0 Å². The van der Waals surface area contributed by atoms with Gasteiger partial charge in [0.25, 0.3) is 29.5 Å². The number of unbranched alkanes of at least 4 members (excludes halogenated alkanes) is 1. The number of aromatic nitrogens is 5. The van der Waals surface area contributed by atoms with E-state index in [-0.39, 0.29) is 72.2 Å². The zero-order valence-electron chi connectivity index (χ0n) is 41.7. The van der Waals surface area contributed by atoms with Gasteiger partial charge in [-0.3, -0.25) is 38.6 Å². The summed E-state index contributed by atoms with van der Waals surface area (Å²) in [6.07, 6.45) is 8.78. The van der Waals surface area contributed by atoms with E-state index in [0.29, 0.717) is 71.3 Å². The fourth-order valence-electron chi connectivity index (χ4n) is 8.43. The number of imidazole rings is 1. The van der Waals surface area contributed by atoms with E-state index in [9.17, 15) is 33.6 Å². The molecular weight excluding hydrogens is 941 g/mol. The predicted molar refractivity (Wildman–Crippen MR) is 273 cm³/mol. The SMILES string of the molecule is C=Nc1cc(OCCCC(=O)Nc2cc(C(=O)Nc3cn(C)c(C(=O)Nc4cc(C(=O)Nc5cc(C(=O)NCCCCC(=O)OC)n(C)c5)n(C)c4)n3)n(C)c2)c(OC)cc1C(=O)N1c2ccccc2C[C@H]1C. The van der Waals surface area contributed by atoms with Gasteiger partial charge in [-0.15, -0.1) is 0 Å². The van der Waals surface area contributed by atoms with Crippen molar-refractivity contribution >= 4 is 82.4 Å². The van der Waals surface area contributed by atoms with Gasteiger partial charge < -0.3 is 64.0 Å². The summed E-state index contributed by atoms with van der Waals surface area (Å²) in [6.45, 7) is 6.18. The normalized spacial score (nSPS) is 12.6. The predicted octanol–water partition coefficient (Wildman–Crippen LogP) is 6.00. The summed E-state index contributed by atoms with van der Waals surface area (Å²) in [6, 6.07) is 15.5. The van der Waals surface area contributed by atoms with E-state index in [2.05, 4.69) is 48.0 Å².